The van der Waals surface area contributed by atoms with E-state index in [2.05, 4.69) is 24.7 Å². The van der Waals surface area contributed by atoms with Crippen LogP contribution in [0.5, 0.6) is 0 Å². The Labute approximate surface area is 164 Å². The molecule has 0 N–H and O–H groups in total. The monoisotopic (exact) mass is 408 g/mol. The highest BCUT2D eigenvalue weighted by Gasteiger charge is 2.49. The number of halogens is 3. The Morgan fingerprint density at radius 3 is 2.59 bits per heavy atom. The van der Waals surface area contributed by atoms with Gasteiger partial charge < -0.3 is 14.5 Å². The molecule has 2 fully saturated rings. The van der Waals surface area contributed by atoms with Gasteiger partial charge in [-0.25, -0.2) is 24.7 Å². The number of hydrogen-bond donors (Lipinski definition) is 0. The van der Waals surface area contributed by atoms with Crippen molar-refractivity contribution >= 4 is 17.7 Å². The third-order valence-electron chi connectivity index (χ3n) is 5.25. The molecule has 2 aromatic rings. The van der Waals surface area contributed by atoms with Crippen LogP contribution in [0.2, 0.25) is 0 Å². The topological polar surface area (TPSA) is 84.3 Å². The highest BCUT2D eigenvalue weighted by Crippen LogP contribution is 2.42. The predicted octanol–water partition coefficient (Wildman–Crippen LogP) is 2.10. The number of ether oxygens (including phenoxy) is 1. The van der Waals surface area contributed by atoms with E-state index in [0.29, 0.717) is 32.1 Å². The summed E-state index contributed by atoms with van der Waals surface area (Å²) in [4.78, 5) is 31.6. The average molecular weight is 408 g/mol. The van der Waals surface area contributed by atoms with Gasteiger partial charge in [0.15, 0.2) is 5.69 Å². The molecule has 2 aromatic heterocycles. The number of nitrogens with zero attached hydrogens (tertiary/aromatic N) is 6. The van der Waals surface area contributed by atoms with Gasteiger partial charge in [0.2, 0.25) is 5.95 Å². The molecule has 8 nitrogen and oxygen atoms in total. The van der Waals surface area contributed by atoms with Crippen LogP contribution in [0, 0.1) is 12.3 Å². The molecule has 0 aliphatic carbocycles. The minimum absolute atomic E-state index is 0.0676. The van der Waals surface area contributed by atoms with Crippen LogP contribution in [0.3, 0.4) is 0 Å². The van der Waals surface area contributed by atoms with Crippen LogP contribution in [0.4, 0.5) is 24.9 Å². The Hall–Kier alpha value is -2.98. The Morgan fingerprint density at radius 1 is 1.17 bits per heavy atom. The van der Waals surface area contributed by atoms with Crippen molar-refractivity contribution in [3.63, 3.8) is 0 Å². The van der Waals surface area contributed by atoms with Gasteiger partial charge >= 0.3 is 12.1 Å². The average Bonchev–Trinajstić information content (AvgIpc) is 3.11. The molecule has 0 atom stereocenters. The fourth-order valence-electron chi connectivity index (χ4n) is 3.87. The molecular weight excluding hydrogens is 389 g/mol. The van der Waals surface area contributed by atoms with Crippen molar-refractivity contribution in [3.8, 4) is 0 Å². The SMILES string of the molecule is COC(=O)c1ccnc(N2CCC3(CN(c4cc(C(F)(F)F)nc(C)n4)C3)C2)n1. The van der Waals surface area contributed by atoms with Crippen LogP contribution < -0.4 is 9.80 Å². The minimum Gasteiger partial charge on any atom is -0.464 e. The molecule has 0 saturated carbocycles. The zero-order chi connectivity index (χ0) is 20.8. The van der Waals surface area contributed by atoms with Crippen LogP contribution in [0.1, 0.15) is 28.4 Å². The first kappa shape index (κ1) is 19.3. The number of hydrogen-bond acceptors (Lipinski definition) is 8. The summed E-state index contributed by atoms with van der Waals surface area (Å²) in [6.45, 7) is 4.00. The summed E-state index contributed by atoms with van der Waals surface area (Å²) in [6.07, 6.45) is -2.14. The maximum absolute atomic E-state index is 13.0. The van der Waals surface area contributed by atoms with Crippen molar-refractivity contribution in [2.24, 2.45) is 5.41 Å². The van der Waals surface area contributed by atoms with E-state index in [-0.39, 0.29) is 22.8 Å². The molecule has 4 heterocycles. The van der Waals surface area contributed by atoms with Crippen LogP contribution in [-0.2, 0) is 10.9 Å². The van der Waals surface area contributed by atoms with Gasteiger partial charge in [-0.15, -0.1) is 0 Å². The highest BCUT2D eigenvalue weighted by molar-refractivity contribution is 5.87. The lowest BCUT2D eigenvalue weighted by Gasteiger charge is -2.48. The second-order valence-corrected chi connectivity index (χ2v) is 7.42. The minimum atomic E-state index is -4.50. The fraction of sp³-hybridized carbons (Fsp3) is 0.500. The summed E-state index contributed by atoms with van der Waals surface area (Å²) in [5.74, 6) is 0.298. The molecule has 0 aromatic carbocycles. The lowest BCUT2D eigenvalue weighted by Crippen LogP contribution is -2.58. The van der Waals surface area contributed by atoms with E-state index in [1.54, 1.807) is 0 Å². The third-order valence-corrected chi connectivity index (χ3v) is 5.25. The summed E-state index contributed by atoms with van der Waals surface area (Å²) in [6, 6.07) is 2.48. The zero-order valence-electron chi connectivity index (χ0n) is 15.9. The molecule has 0 radical (unpaired) electrons. The molecular formula is C18H19F3N6O2. The lowest BCUT2D eigenvalue weighted by atomic mass is 9.79. The van der Waals surface area contributed by atoms with Gasteiger partial charge in [-0.2, -0.15) is 13.2 Å². The van der Waals surface area contributed by atoms with Crippen molar-refractivity contribution in [3.05, 3.63) is 35.5 Å². The number of aryl methyl sites for hydroxylation is 1. The number of rotatable bonds is 3. The third kappa shape index (κ3) is 3.68. The first-order chi connectivity index (χ1) is 13.7. The summed E-state index contributed by atoms with van der Waals surface area (Å²) in [5, 5.41) is 0. The maximum atomic E-state index is 13.0. The first-order valence-corrected chi connectivity index (χ1v) is 9.03. The van der Waals surface area contributed by atoms with Crippen molar-refractivity contribution in [1.29, 1.82) is 0 Å². The standard InChI is InChI=1S/C18H19F3N6O2/c1-11-23-13(18(19,20)21)7-14(24-11)27-9-17(10-27)4-6-26(8-17)16-22-5-3-12(25-16)15(28)29-2/h3,5,7H,4,6,8-10H2,1-2H3. The molecule has 0 unspecified atom stereocenters. The Morgan fingerprint density at radius 2 is 1.90 bits per heavy atom. The number of carbonyl (C=O) groups excluding carboxylic acids is 1. The molecule has 0 amide bonds. The number of esters is 1. The van der Waals surface area contributed by atoms with E-state index in [1.165, 1.54) is 26.3 Å². The van der Waals surface area contributed by atoms with Crippen molar-refractivity contribution in [2.45, 2.75) is 19.5 Å². The van der Waals surface area contributed by atoms with Gasteiger partial charge in [0.25, 0.3) is 0 Å². The maximum Gasteiger partial charge on any atom is 0.433 e. The molecule has 1 spiro atoms. The molecule has 2 saturated heterocycles. The molecule has 0 bridgehead atoms. The van der Waals surface area contributed by atoms with E-state index >= 15 is 0 Å². The summed E-state index contributed by atoms with van der Waals surface area (Å²) < 4.78 is 43.7. The molecule has 2 aliphatic heterocycles. The molecule has 29 heavy (non-hydrogen) atoms. The van der Waals surface area contributed by atoms with Gasteiger partial charge in [-0.3, -0.25) is 0 Å². The second kappa shape index (κ2) is 6.82. The van der Waals surface area contributed by atoms with E-state index in [1.807, 2.05) is 9.80 Å². The summed E-state index contributed by atoms with van der Waals surface area (Å²) in [7, 11) is 1.29. The van der Waals surface area contributed by atoms with Crippen molar-refractivity contribution < 1.29 is 22.7 Å². The fourth-order valence-corrected chi connectivity index (χ4v) is 3.87. The Balaban J connectivity index is 1.45. The van der Waals surface area contributed by atoms with Crippen LogP contribution in [-0.4, -0.2) is 59.2 Å². The second-order valence-electron chi connectivity index (χ2n) is 7.42. The van der Waals surface area contributed by atoms with Crippen LogP contribution in [0.15, 0.2) is 18.3 Å². The summed E-state index contributed by atoms with van der Waals surface area (Å²) in [5.41, 5.74) is -0.811. The van der Waals surface area contributed by atoms with Crippen molar-refractivity contribution in [2.75, 3.05) is 43.1 Å². The summed E-state index contributed by atoms with van der Waals surface area (Å²) >= 11 is 0. The van der Waals surface area contributed by atoms with Gasteiger partial charge in [-0.05, 0) is 19.4 Å². The molecule has 154 valence electrons. The van der Waals surface area contributed by atoms with Gasteiger partial charge in [-0.1, -0.05) is 0 Å². The Bertz CT molecular complexity index is 945. The number of carbonyl (C=O) groups is 1. The van der Waals surface area contributed by atoms with E-state index in [9.17, 15) is 18.0 Å². The van der Waals surface area contributed by atoms with E-state index < -0.39 is 17.8 Å². The van der Waals surface area contributed by atoms with E-state index in [4.69, 9.17) is 0 Å². The predicted molar refractivity (Wildman–Crippen MR) is 96.6 cm³/mol. The lowest BCUT2D eigenvalue weighted by molar-refractivity contribution is -0.141. The normalized spacial score (nSPS) is 18.1. The number of anilines is 2. The van der Waals surface area contributed by atoms with Gasteiger partial charge in [0, 0.05) is 43.9 Å². The van der Waals surface area contributed by atoms with Crippen LogP contribution >= 0.6 is 0 Å². The largest absolute Gasteiger partial charge is 0.464 e. The van der Waals surface area contributed by atoms with Crippen LogP contribution in [0.25, 0.3) is 0 Å². The zero-order valence-corrected chi connectivity index (χ0v) is 15.9. The smallest absolute Gasteiger partial charge is 0.433 e. The molecule has 2 aliphatic rings. The number of aromatic nitrogens is 4. The number of alkyl halides is 3. The van der Waals surface area contributed by atoms with E-state index in [0.717, 1.165) is 12.5 Å². The number of methoxy groups -OCH3 is 1. The first-order valence-electron chi connectivity index (χ1n) is 9.03. The van der Waals surface area contributed by atoms with Gasteiger partial charge in [0.1, 0.15) is 17.3 Å². The molecule has 4 rings (SSSR count). The quantitative estimate of drug-likeness (QED) is 0.714. The highest BCUT2D eigenvalue weighted by atomic mass is 19.4. The van der Waals surface area contributed by atoms with Crippen molar-refractivity contribution in [1.82, 2.24) is 19.9 Å². The van der Waals surface area contributed by atoms with Gasteiger partial charge in [0.05, 0.1) is 7.11 Å². The molecule has 11 heteroatoms. The Kier molecular flexibility index (Phi) is 4.55.